The SMILES string of the molecule is CC[C@H](C)NC(=O)COC(=O)/C=C/c1cn(Cc2ccccc2)nc1-c1cccs1. The zero-order valence-corrected chi connectivity index (χ0v) is 17.9. The van der Waals surface area contributed by atoms with Gasteiger partial charge in [-0.25, -0.2) is 4.79 Å². The van der Waals surface area contributed by atoms with Crippen molar-refractivity contribution in [2.24, 2.45) is 0 Å². The average molecular weight is 424 g/mol. The van der Waals surface area contributed by atoms with Gasteiger partial charge in [-0.05, 0) is 36.4 Å². The first-order valence-electron chi connectivity index (χ1n) is 9.84. The number of nitrogens with one attached hydrogen (secondary N) is 1. The summed E-state index contributed by atoms with van der Waals surface area (Å²) in [6.45, 7) is 4.22. The highest BCUT2D eigenvalue weighted by molar-refractivity contribution is 7.13. The van der Waals surface area contributed by atoms with E-state index in [4.69, 9.17) is 9.84 Å². The number of carbonyl (C=O) groups excluding carboxylic acids is 2. The number of aromatic nitrogens is 2. The molecule has 0 aliphatic carbocycles. The molecule has 0 aliphatic heterocycles. The number of ether oxygens (including phenoxy) is 1. The summed E-state index contributed by atoms with van der Waals surface area (Å²) in [5, 5.41) is 9.45. The summed E-state index contributed by atoms with van der Waals surface area (Å²) in [4.78, 5) is 24.8. The Labute approximate surface area is 180 Å². The van der Waals surface area contributed by atoms with Gasteiger partial charge in [-0.15, -0.1) is 11.3 Å². The fourth-order valence-electron chi connectivity index (χ4n) is 2.78. The molecule has 0 radical (unpaired) electrons. The average Bonchev–Trinajstić information content (AvgIpc) is 3.41. The largest absolute Gasteiger partial charge is 0.452 e. The molecule has 0 fully saturated rings. The smallest absolute Gasteiger partial charge is 0.331 e. The van der Waals surface area contributed by atoms with E-state index in [2.05, 4.69) is 5.32 Å². The molecular weight excluding hydrogens is 398 g/mol. The lowest BCUT2D eigenvalue weighted by atomic mass is 10.2. The fraction of sp³-hybridized carbons (Fsp3) is 0.261. The molecule has 0 bridgehead atoms. The van der Waals surface area contributed by atoms with E-state index in [1.807, 2.05) is 72.6 Å². The second kappa shape index (κ2) is 10.5. The minimum absolute atomic E-state index is 0.0514. The number of esters is 1. The normalized spacial score (nSPS) is 12.1. The molecule has 0 unspecified atom stereocenters. The summed E-state index contributed by atoms with van der Waals surface area (Å²) in [6, 6.07) is 14.1. The maximum Gasteiger partial charge on any atom is 0.331 e. The number of rotatable bonds is 9. The number of benzene rings is 1. The number of amides is 1. The van der Waals surface area contributed by atoms with Crippen molar-refractivity contribution in [2.75, 3.05) is 6.61 Å². The van der Waals surface area contributed by atoms with Crippen LogP contribution in [0.25, 0.3) is 16.6 Å². The Morgan fingerprint density at radius 1 is 1.23 bits per heavy atom. The molecule has 7 heteroatoms. The van der Waals surface area contributed by atoms with Gasteiger partial charge in [0.1, 0.15) is 5.69 Å². The molecule has 0 spiro atoms. The first kappa shape index (κ1) is 21.5. The number of nitrogens with zero attached hydrogens (tertiary/aromatic N) is 2. The molecule has 2 aromatic heterocycles. The van der Waals surface area contributed by atoms with Crippen molar-refractivity contribution in [1.82, 2.24) is 15.1 Å². The molecule has 156 valence electrons. The van der Waals surface area contributed by atoms with Crippen LogP contribution < -0.4 is 5.32 Å². The van der Waals surface area contributed by atoms with Gasteiger partial charge in [0.15, 0.2) is 6.61 Å². The second-order valence-corrected chi connectivity index (χ2v) is 7.86. The molecule has 0 aliphatic rings. The predicted molar refractivity (Wildman–Crippen MR) is 119 cm³/mol. The molecular formula is C23H25N3O3S. The highest BCUT2D eigenvalue weighted by atomic mass is 32.1. The summed E-state index contributed by atoms with van der Waals surface area (Å²) in [6.07, 6.45) is 5.73. The van der Waals surface area contributed by atoms with E-state index in [-0.39, 0.29) is 18.6 Å². The van der Waals surface area contributed by atoms with Gasteiger partial charge in [-0.3, -0.25) is 9.48 Å². The van der Waals surface area contributed by atoms with Crippen LogP contribution in [0.2, 0.25) is 0 Å². The molecule has 1 amide bonds. The lowest BCUT2D eigenvalue weighted by molar-refractivity contribution is -0.144. The molecule has 2 heterocycles. The Hall–Kier alpha value is -3.19. The van der Waals surface area contributed by atoms with Crippen molar-refractivity contribution < 1.29 is 14.3 Å². The second-order valence-electron chi connectivity index (χ2n) is 6.91. The minimum Gasteiger partial charge on any atom is -0.452 e. The van der Waals surface area contributed by atoms with E-state index >= 15 is 0 Å². The monoisotopic (exact) mass is 423 g/mol. The van der Waals surface area contributed by atoms with Crippen LogP contribution in [0.4, 0.5) is 0 Å². The van der Waals surface area contributed by atoms with Gasteiger partial charge in [0.2, 0.25) is 0 Å². The van der Waals surface area contributed by atoms with Crippen molar-refractivity contribution in [1.29, 1.82) is 0 Å². The van der Waals surface area contributed by atoms with Gasteiger partial charge in [0.05, 0.1) is 11.4 Å². The van der Waals surface area contributed by atoms with Gasteiger partial charge in [0.25, 0.3) is 5.91 Å². The Balaban J connectivity index is 1.69. The molecule has 6 nitrogen and oxygen atoms in total. The van der Waals surface area contributed by atoms with Crippen molar-refractivity contribution in [3.8, 4) is 10.6 Å². The number of carbonyl (C=O) groups is 2. The van der Waals surface area contributed by atoms with E-state index in [0.29, 0.717) is 6.54 Å². The van der Waals surface area contributed by atoms with E-state index in [9.17, 15) is 9.59 Å². The minimum atomic E-state index is -0.567. The number of hydrogen-bond donors (Lipinski definition) is 1. The van der Waals surface area contributed by atoms with Crippen molar-refractivity contribution in [2.45, 2.75) is 32.9 Å². The number of thiophene rings is 1. The fourth-order valence-corrected chi connectivity index (χ4v) is 3.51. The van der Waals surface area contributed by atoms with Gasteiger partial charge < -0.3 is 10.1 Å². The van der Waals surface area contributed by atoms with E-state index in [1.165, 1.54) is 6.08 Å². The molecule has 0 saturated carbocycles. The van der Waals surface area contributed by atoms with Crippen LogP contribution in [0.15, 0.2) is 60.1 Å². The molecule has 1 N–H and O–H groups in total. The zero-order valence-electron chi connectivity index (χ0n) is 17.1. The van der Waals surface area contributed by atoms with Crippen LogP contribution >= 0.6 is 11.3 Å². The maximum absolute atomic E-state index is 12.1. The molecule has 1 atom stereocenters. The Bertz CT molecular complexity index is 994. The first-order valence-corrected chi connectivity index (χ1v) is 10.7. The van der Waals surface area contributed by atoms with Gasteiger partial charge in [-0.1, -0.05) is 43.3 Å². The third-order valence-electron chi connectivity index (χ3n) is 4.50. The summed E-state index contributed by atoms with van der Waals surface area (Å²) in [5.74, 6) is -0.872. The first-order chi connectivity index (χ1) is 14.5. The van der Waals surface area contributed by atoms with Crippen LogP contribution in [-0.4, -0.2) is 34.3 Å². The van der Waals surface area contributed by atoms with Crippen molar-refractivity contribution >= 4 is 29.3 Å². The Morgan fingerprint density at radius 2 is 2.03 bits per heavy atom. The van der Waals surface area contributed by atoms with E-state index < -0.39 is 5.97 Å². The van der Waals surface area contributed by atoms with Crippen LogP contribution in [0.3, 0.4) is 0 Å². The highest BCUT2D eigenvalue weighted by Gasteiger charge is 2.12. The van der Waals surface area contributed by atoms with Crippen LogP contribution in [0.5, 0.6) is 0 Å². The Morgan fingerprint density at radius 3 is 2.73 bits per heavy atom. The van der Waals surface area contributed by atoms with Crippen LogP contribution in [0.1, 0.15) is 31.4 Å². The summed E-state index contributed by atoms with van der Waals surface area (Å²) in [7, 11) is 0. The molecule has 30 heavy (non-hydrogen) atoms. The highest BCUT2D eigenvalue weighted by Crippen LogP contribution is 2.27. The van der Waals surface area contributed by atoms with Gasteiger partial charge >= 0.3 is 5.97 Å². The van der Waals surface area contributed by atoms with Gasteiger partial charge in [-0.2, -0.15) is 5.10 Å². The van der Waals surface area contributed by atoms with E-state index in [1.54, 1.807) is 17.4 Å². The number of hydrogen-bond acceptors (Lipinski definition) is 5. The molecule has 0 saturated heterocycles. The summed E-state index contributed by atoms with van der Waals surface area (Å²) < 4.78 is 6.90. The standard InChI is InChI=1S/C23H25N3O3S/c1-3-17(2)24-21(27)16-29-22(28)12-11-19-15-26(14-18-8-5-4-6-9-18)25-23(19)20-10-7-13-30-20/h4-13,15,17H,3,14,16H2,1-2H3,(H,24,27)/b12-11+/t17-/m0/s1. The van der Waals surface area contributed by atoms with Gasteiger partial charge in [0, 0.05) is 23.9 Å². The maximum atomic E-state index is 12.1. The van der Waals surface area contributed by atoms with Crippen molar-refractivity contribution in [3.63, 3.8) is 0 Å². The quantitative estimate of drug-likeness (QED) is 0.415. The predicted octanol–water partition coefficient (Wildman–Crippen LogP) is 4.13. The molecule has 3 aromatic rings. The zero-order chi connectivity index (χ0) is 21.3. The van der Waals surface area contributed by atoms with Crippen LogP contribution in [-0.2, 0) is 20.9 Å². The summed E-state index contributed by atoms with van der Waals surface area (Å²) in [5.41, 5.74) is 2.76. The molecule has 3 rings (SSSR count). The Kier molecular flexibility index (Phi) is 7.57. The summed E-state index contributed by atoms with van der Waals surface area (Å²) >= 11 is 1.59. The lowest BCUT2D eigenvalue weighted by Crippen LogP contribution is -2.35. The third kappa shape index (κ3) is 6.15. The van der Waals surface area contributed by atoms with Crippen molar-refractivity contribution in [3.05, 3.63) is 71.2 Å². The van der Waals surface area contributed by atoms with E-state index in [0.717, 1.165) is 28.1 Å². The topological polar surface area (TPSA) is 73.2 Å². The lowest BCUT2D eigenvalue weighted by Gasteiger charge is -2.10. The molecule has 1 aromatic carbocycles. The van der Waals surface area contributed by atoms with Crippen LogP contribution in [0, 0.1) is 0 Å². The third-order valence-corrected chi connectivity index (χ3v) is 5.37.